The molecule has 1 N–H and O–H groups in total. The highest BCUT2D eigenvalue weighted by atomic mass is 16.5. The molecule has 0 heterocycles. The molecule has 0 aliphatic carbocycles. The molecule has 0 unspecified atom stereocenters. The van der Waals surface area contributed by atoms with Crippen LogP contribution in [-0.4, -0.2) is 17.0 Å². The van der Waals surface area contributed by atoms with Gasteiger partial charge in [-0.1, -0.05) is 66.7 Å². The quantitative estimate of drug-likeness (QED) is 0.577. The highest BCUT2D eigenvalue weighted by Crippen LogP contribution is 2.14. The lowest BCUT2D eigenvalue weighted by Gasteiger charge is -2.06. The van der Waals surface area contributed by atoms with Gasteiger partial charge in [-0.3, -0.25) is 0 Å². The topological polar surface area (TPSA) is 63.6 Å². The predicted molar refractivity (Wildman–Crippen MR) is 91.2 cm³/mol. The number of rotatable bonds is 3. The molecule has 4 heteroatoms. The summed E-state index contributed by atoms with van der Waals surface area (Å²) in [5, 5.41) is 8.97. The molecule has 0 radical (unpaired) electrons. The molecule has 0 atom stereocenters. The summed E-state index contributed by atoms with van der Waals surface area (Å²) in [6, 6.07) is 26.4. The van der Waals surface area contributed by atoms with Crippen molar-refractivity contribution in [3.05, 3.63) is 102 Å². The number of benzene rings is 3. The van der Waals surface area contributed by atoms with Gasteiger partial charge in [0.2, 0.25) is 0 Å². The fourth-order valence-corrected chi connectivity index (χ4v) is 1.88. The molecule has 0 aliphatic heterocycles. The van der Waals surface area contributed by atoms with Crippen LogP contribution in [-0.2, 0) is 0 Å². The van der Waals surface area contributed by atoms with E-state index in [2.05, 4.69) is 0 Å². The lowest BCUT2D eigenvalue weighted by molar-refractivity contribution is 0.0668. The van der Waals surface area contributed by atoms with Crippen molar-refractivity contribution >= 4 is 11.9 Å². The number of carbonyl (C=O) groups is 2. The molecule has 3 aromatic carbocycles. The molecule has 0 spiro atoms. The molecule has 3 aromatic rings. The number of hydrogen-bond donors (Lipinski definition) is 1. The van der Waals surface area contributed by atoms with Crippen molar-refractivity contribution < 1.29 is 19.4 Å². The van der Waals surface area contributed by atoms with E-state index in [1.807, 2.05) is 36.4 Å². The zero-order valence-electron chi connectivity index (χ0n) is 12.8. The lowest BCUT2D eigenvalue weighted by Crippen LogP contribution is -2.13. The fraction of sp³-hybridized carbons (Fsp3) is 0. The van der Waals surface area contributed by atoms with Crippen LogP contribution in [0.25, 0.3) is 0 Å². The van der Waals surface area contributed by atoms with E-state index in [1.165, 1.54) is 12.1 Å². The summed E-state index contributed by atoms with van der Waals surface area (Å²) in [6.07, 6.45) is 0. The van der Waals surface area contributed by atoms with Gasteiger partial charge in [0.1, 0.15) is 5.75 Å². The van der Waals surface area contributed by atoms with Gasteiger partial charge in [0, 0.05) is 0 Å². The van der Waals surface area contributed by atoms with Crippen LogP contribution >= 0.6 is 0 Å². The molecule has 0 amide bonds. The van der Waals surface area contributed by atoms with Crippen LogP contribution in [0.5, 0.6) is 5.75 Å². The van der Waals surface area contributed by atoms with Crippen LogP contribution in [0.15, 0.2) is 91.0 Å². The first-order valence-corrected chi connectivity index (χ1v) is 7.28. The van der Waals surface area contributed by atoms with Gasteiger partial charge in [0.25, 0.3) is 0 Å². The minimum absolute atomic E-state index is 0.0360. The summed E-state index contributed by atoms with van der Waals surface area (Å²) in [5.41, 5.74) is -0.0349. The van der Waals surface area contributed by atoms with Crippen molar-refractivity contribution in [2.24, 2.45) is 0 Å². The van der Waals surface area contributed by atoms with Gasteiger partial charge >= 0.3 is 11.9 Å². The summed E-state index contributed by atoms with van der Waals surface area (Å²) < 4.78 is 5.09. The standard InChI is InChI=1S/C14H10O4.C6H6/c15-13(16)11-8-4-5-9-12(11)14(17)18-10-6-2-1-3-7-10;1-2-4-6-5-3-1/h1-9H,(H,15,16);1-6H. The number of hydrogen-bond acceptors (Lipinski definition) is 3. The SMILES string of the molecule is O=C(O)c1ccccc1C(=O)Oc1ccccc1.c1ccccc1. The van der Waals surface area contributed by atoms with Crippen molar-refractivity contribution in [1.29, 1.82) is 0 Å². The van der Waals surface area contributed by atoms with Crippen molar-refractivity contribution in [1.82, 2.24) is 0 Å². The molecular weight excluding hydrogens is 304 g/mol. The first-order chi connectivity index (χ1) is 11.7. The average Bonchev–Trinajstić information content (AvgIpc) is 2.64. The average molecular weight is 320 g/mol. The number of aromatic carboxylic acids is 1. The van der Waals surface area contributed by atoms with E-state index in [9.17, 15) is 9.59 Å². The fourth-order valence-electron chi connectivity index (χ4n) is 1.88. The lowest BCUT2D eigenvalue weighted by atomic mass is 10.1. The van der Waals surface area contributed by atoms with E-state index in [-0.39, 0.29) is 11.1 Å². The first kappa shape index (κ1) is 17.0. The van der Waals surface area contributed by atoms with E-state index in [4.69, 9.17) is 9.84 Å². The Balaban J connectivity index is 0.000000292. The number of ether oxygens (including phenoxy) is 1. The number of carboxylic acid groups (broad SMARTS) is 1. The van der Waals surface area contributed by atoms with Crippen LogP contribution in [0.4, 0.5) is 0 Å². The molecule has 24 heavy (non-hydrogen) atoms. The van der Waals surface area contributed by atoms with Crippen LogP contribution < -0.4 is 4.74 Å². The maximum Gasteiger partial charge on any atom is 0.344 e. The summed E-state index contributed by atoms with van der Waals surface area (Å²) >= 11 is 0. The van der Waals surface area contributed by atoms with E-state index < -0.39 is 11.9 Å². The smallest absolute Gasteiger partial charge is 0.344 e. The Morgan fingerprint density at radius 2 is 1.04 bits per heavy atom. The van der Waals surface area contributed by atoms with Gasteiger partial charge in [0.05, 0.1) is 11.1 Å². The van der Waals surface area contributed by atoms with Crippen molar-refractivity contribution in [3.8, 4) is 5.75 Å². The summed E-state index contributed by atoms with van der Waals surface area (Å²) in [4.78, 5) is 22.8. The molecule has 0 saturated carbocycles. The zero-order chi connectivity index (χ0) is 17.2. The largest absolute Gasteiger partial charge is 0.478 e. The van der Waals surface area contributed by atoms with Crippen molar-refractivity contribution in [2.45, 2.75) is 0 Å². The maximum atomic E-state index is 11.9. The second kappa shape index (κ2) is 8.90. The highest BCUT2D eigenvalue weighted by molar-refractivity contribution is 6.03. The molecule has 4 nitrogen and oxygen atoms in total. The first-order valence-electron chi connectivity index (χ1n) is 7.28. The molecule has 0 aliphatic rings. The summed E-state index contributed by atoms with van der Waals surface area (Å²) in [7, 11) is 0. The number of carbonyl (C=O) groups excluding carboxylic acids is 1. The minimum Gasteiger partial charge on any atom is -0.478 e. The van der Waals surface area contributed by atoms with Crippen molar-refractivity contribution in [3.63, 3.8) is 0 Å². The second-order valence-electron chi connectivity index (χ2n) is 4.71. The van der Waals surface area contributed by atoms with Gasteiger partial charge < -0.3 is 9.84 Å². The Kier molecular flexibility index (Phi) is 6.29. The van der Waals surface area contributed by atoms with Gasteiger partial charge in [-0.15, -0.1) is 0 Å². The molecule has 0 fully saturated rings. The molecule has 0 saturated heterocycles. The second-order valence-corrected chi connectivity index (χ2v) is 4.71. The Morgan fingerprint density at radius 1 is 0.625 bits per heavy atom. The zero-order valence-corrected chi connectivity index (χ0v) is 12.8. The number of esters is 1. The van der Waals surface area contributed by atoms with Crippen LogP contribution in [0.1, 0.15) is 20.7 Å². The third kappa shape index (κ3) is 5.10. The molecule has 120 valence electrons. The predicted octanol–water partition coefficient (Wildman–Crippen LogP) is 4.29. The minimum atomic E-state index is -1.16. The Labute approximate surface area is 140 Å². The van der Waals surface area contributed by atoms with E-state index >= 15 is 0 Å². The van der Waals surface area contributed by atoms with Crippen LogP contribution in [0.3, 0.4) is 0 Å². The highest BCUT2D eigenvalue weighted by Gasteiger charge is 2.17. The van der Waals surface area contributed by atoms with Gasteiger partial charge in [0.15, 0.2) is 0 Å². The van der Waals surface area contributed by atoms with Gasteiger partial charge in [-0.25, -0.2) is 9.59 Å². The van der Waals surface area contributed by atoms with E-state index in [1.54, 1.807) is 42.5 Å². The third-order valence-corrected chi connectivity index (χ3v) is 3.00. The normalized spacial score (nSPS) is 9.33. The van der Waals surface area contributed by atoms with E-state index in [0.717, 1.165) is 0 Å². The number of carboxylic acids is 1. The van der Waals surface area contributed by atoms with Crippen LogP contribution in [0.2, 0.25) is 0 Å². The Hall–Kier alpha value is -3.40. The Bertz CT molecular complexity index is 756. The monoisotopic (exact) mass is 320 g/mol. The third-order valence-electron chi connectivity index (χ3n) is 3.00. The van der Waals surface area contributed by atoms with E-state index in [0.29, 0.717) is 5.75 Å². The number of para-hydroxylation sites is 1. The molecule has 3 rings (SSSR count). The maximum absolute atomic E-state index is 11.9. The summed E-state index contributed by atoms with van der Waals surface area (Å²) in [6.45, 7) is 0. The Morgan fingerprint density at radius 3 is 1.54 bits per heavy atom. The van der Waals surface area contributed by atoms with Gasteiger partial charge in [-0.05, 0) is 24.3 Å². The van der Waals surface area contributed by atoms with Gasteiger partial charge in [-0.2, -0.15) is 0 Å². The summed E-state index contributed by atoms with van der Waals surface area (Å²) in [5.74, 6) is -1.46. The van der Waals surface area contributed by atoms with Crippen molar-refractivity contribution in [2.75, 3.05) is 0 Å². The molecular formula is C20H16O4. The van der Waals surface area contributed by atoms with Crippen LogP contribution in [0, 0.1) is 0 Å². The molecule has 0 aromatic heterocycles. The molecule has 0 bridgehead atoms.